The van der Waals surface area contributed by atoms with E-state index in [1.807, 2.05) is 17.8 Å². The lowest BCUT2D eigenvalue weighted by Crippen LogP contribution is -2.22. The molecule has 4 aromatic rings. The minimum Gasteiger partial charge on any atom is -0.383 e. The van der Waals surface area contributed by atoms with Gasteiger partial charge in [0.25, 0.3) is 5.91 Å². The van der Waals surface area contributed by atoms with Crippen LogP contribution in [-0.2, 0) is 18.0 Å². The first-order chi connectivity index (χ1) is 16.0. The summed E-state index contributed by atoms with van der Waals surface area (Å²) in [6, 6.07) is 7.24. The second-order valence-electron chi connectivity index (χ2n) is 7.85. The summed E-state index contributed by atoms with van der Waals surface area (Å²) in [6.45, 7) is 3.48. The molecular formula is C23H21F3N6O2. The number of alkyl halides is 3. The average Bonchev–Trinajstić information content (AvgIpc) is 3.09. The number of benzene rings is 1. The molecule has 1 amide bonds. The third kappa shape index (κ3) is 4.29. The number of aryl methyl sites for hydroxylation is 3. The molecule has 3 heterocycles. The zero-order chi connectivity index (χ0) is 24.8. The first kappa shape index (κ1) is 23.2. The summed E-state index contributed by atoms with van der Waals surface area (Å²) in [5.74, 6) is 0.110. The second kappa shape index (κ2) is 8.41. The molecule has 0 spiro atoms. The van der Waals surface area contributed by atoms with E-state index in [0.29, 0.717) is 28.4 Å². The molecule has 176 valence electrons. The van der Waals surface area contributed by atoms with E-state index in [0.717, 1.165) is 29.3 Å². The third-order valence-corrected chi connectivity index (χ3v) is 5.36. The van der Waals surface area contributed by atoms with Crippen LogP contribution >= 0.6 is 0 Å². The van der Waals surface area contributed by atoms with Crippen molar-refractivity contribution in [3.8, 4) is 11.1 Å². The fraction of sp³-hybridized carbons (Fsp3) is 0.217. The van der Waals surface area contributed by atoms with Crippen molar-refractivity contribution in [1.29, 1.82) is 0 Å². The first-order valence-electron chi connectivity index (χ1n) is 10.2. The number of carbonyl (C=O) groups excluding carboxylic acids is 1. The molecule has 3 aromatic heterocycles. The summed E-state index contributed by atoms with van der Waals surface area (Å²) in [4.78, 5) is 25.5. The van der Waals surface area contributed by atoms with E-state index >= 15 is 0 Å². The van der Waals surface area contributed by atoms with Crippen molar-refractivity contribution in [2.45, 2.75) is 26.1 Å². The Labute approximate surface area is 192 Å². The minimum absolute atomic E-state index is 0.137. The van der Waals surface area contributed by atoms with E-state index in [9.17, 15) is 23.1 Å². The molecule has 1 aromatic carbocycles. The number of anilines is 2. The number of nitrogen functional groups attached to an aromatic ring is 1. The Morgan fingerprint density at radius 2 is 1.85 bits per heavy atom. The first-order valence-corrected chi connectivity index (χ1v) is 10.2. The topological polar surface area (TPSA) is 119 Å². The number of rotatable bonds is 4. The fourth-order valence-corrected chi connectivity index (χ4v) is 3.76. The Balaban J connectivity index is 1.60. The Hall–Kier alpha value is -3.99. The van der Waals surface area contributed by atoms with Crippen LogP contribution in [0.1, 0.15) is 28.7 Å². The van der Waals surface area contributed by atoms with Crippen LogP contribution in [0, 0.1) is 13.8 Å². The van der Waals surface area contributed by atoms with Crippen molar-refractivity contribution in [1.82, 2.24) is 19.5 Å². The lowest BCUT2D eigenvalue weighted by atomic mass is 10.0. The number of hydrogen-bond donors (Lipinski definition) is 3. The van der Waals surface area contributed by atoms with Crippen LogP contribution in [0.4, 0.5) is 24.8 Å². The molecule has 34 heavy (non-hydrogen) atoms. The lowest BCUT2D eigenvalue weighted by molar-refractivity contribution is -0.138. The molecule has 0 aliphatic heterocycles. The van der Waals surface area contributed by atoms with Gasteiger partial charge in [0.1, 0.15) is 23.1 Å². The number of carbonyl (C=O) groups is 1. The largest absolute Gasteiger partial charge is 0.416 e. The van der Waals surface area contributed by atoms with Crippen molar-refractivity contribution in [2.24, 2.45) is 7.05 Å². The van der Waals surface area contributed by atoms with Crippen molar-refractivity contribution in [3.63, 3.8) is 0 Å². The van der Waals surface area contributed by atoms with Gasteiger partial charge in [0.05, 0.1) is 10.9 Å². The molecule has 0 radical (unpaired) electrons. The molecule has 1 unspecified atom stereocenters. The summed E-state index contributed by atoms with van der Waals surface area (Å²) >= 11 is 0. The number of nitrogens with two attached hydrogens (primary N) is 1. The number of aliphatic hydroxyl groups is 1. The Morgan fingerprint density at radius 3 is 2.53 bits per heavy atom. The van der Waals surface area contributed by atoms with E-state index in [1.54, 1.807) is 19.9 Å². The summed E-state index contributed by atoms with van der Waals surface area (Å²) in [6.07, 6.45) is -4.54. The molecule has 0 bridgehead atoms. The number of pyridine rings is 1. The predicted molar refractivity (Wildman–Crippen MR) is 121 cm³/mol. The van der Waals surface area contributed by atoms with E-state index in [4.69, 9.17) is 5.73 Å². The highest BCUT2D eigenvalue weighted by Crippen LogP contribution is 2.35. The normalized spacial score (nSPS) is 12.7. The number of nitrogens with one attached hydrogen (secondary N) is 1. The lowest BCUT2D eigenvalue weighted by Gasteiger charge is -2.14. The number of halogens is 3. The minimum atomic E-state index is -4.59. The highest BCUT2D eigenvalue weighted by Gasteiger charge is 2.31. The SMILES string of the molecule is Cc1nc(N)c2c(-c3ccc(NC(=O)C(O)c4cccc(C(F)(F)F)c4)nc3C)cn(C)c2n1. The number of nitrogens with zero attached hydrogens (tertiary/aromatic N) is 4. The van der Waals surface area contributed by atoms with Gasteiger partial charge in [-0.25, -0.2) is 15.0 Å². The molecule has 0 saturated heterocycles. The zero-order valence-electron chi connectivity index (χ0n) is 18.5. The summed E-state index contributed by atoms with van der Waals surface area (Å²) < 4.78 is 40.6. The Bertz CT molecular complexity index is 1410. The average molecular weight is 470 g/mol. The Kier molecular flexibility index (Phi) is 5.74. The molecule has 0 aliphatic carbocycles. The van der Waals surface area contributed by atoms with Gasteiger partial charge >= 0.3 is 6.18 Å². The standard InChI is InChI=1S/C23H21F3N6O2/c1-11-15(16-10-32(3)21-18(16)20(27)29-12(2)30-21)7-8-17(28-11)31-22(34)19(33)13-5-4-6-14(9-13)23(24,25)26/h4-10,19,33H,1-3H3,(H2,27,29,30)(H,28,31,34). The van der Waals surface area contributed by atoms with E-state index in [1.165, 1.54) is 12.1 Å². The van der Waals surface area contributed by atoms with Gasteiger partial charge in [-0.05, 0) is 43.7 Å². The molecule has 0 fully saturated rings. The van der Waals surface area contributed by atoms with Gasteiger partial charge in [-0.2, -0.15) is 13.2 Å². The van der Waals surface area contributed by atoms with Crippen LogP contribution in [0.25, 0.3) is 22.2 Å². The fourth-order valence-electron chi connectivity index (χ4n) is 3.76. The summed E-state index contributed by atoms with van der Waals surface area (Å²) in [5, 5.41) is 13.4. The van der Waals surface area contributed by atoms with E-state index in [2.05, 4.69) is 20.3 Å². The molecular weight excluding hydrogens is 449 g/mol. The molecule has 0 saturated carbocycles. The van der Waals surface area contributed by atoms with Crippen molar-refractivity contribution < 1.29 is 23.1 Å². The monoisotopic (exact) mass is 470 g/mol. The van der Waals surface area contributed by atoms with Crippen molar-refractivity contribution >= 4 is 28.6 Å². The van der Waals surface area contributed by atoms with Gasteiger partial charge in [0.15, 0.2) is 6.10 Å². The number of aliphatic hydroxyl groups excluding tert-OH is 1. The maximum atomic E-state index is 12.9. The number of hydrogen-bond acceptors (Lipinski definition) is 6. The molecule has 4 rings (SSSR count). The van der Waals surface area contributed by atoms with Gasteiger partial charge in [0, 0.05) is 30.1 Å². The zero-order valence-corrected chi connectivity index (χ0v) is 18.5. The summed E-state index contributed by atoms with van der Waals surface area (Å²) in [5.41, 5.74) is 7.73. The highest BCUT2D eigenvalue weighted by atomic mass is 19.4. The van der Waals surface area contributed by atoms with E-state index in [-0.39, 0.29) is 11.4 Å². The predicted octanol–water partition coefficient (Wildman–Crippen LogP) is 3.92. The number of fused-ring (bicyclic) bond motifs is 1. The maximum Gasteiger partial charge on any atom is 0.416 e. The quantitative estimate of drug-likeness (QED) is 0.416. The third-order valence-electron chi connectivity index (χ3n) is 5.36. The summed E-state index contributed by atoms with van der Waals surface area (Å²) in [7, 11) is 1.84. The van der Waals surface area contributed by atoms with Crippen LogP contribution in [0.2, 0.25) is 0 Å². The molecule has 0 aliphatic rings. The van der Waals surface area contributed by atoms with Gasteiger partial charge in [-0.1, -0.05) is 12.1 Å². The van der Waals surface area contributed by atoms with Gasteiger partial charge in [-0.15, -0.1) is 0 Å². The van der Waals surface area contributed by atoms with Crippen LogP contribution in [0.5, 0.6) is 0 Å². The second-order valence-corrected chi connectivity index (χ2v) is 7.85. The van der Waals surface area contributed by atoms with Crippen LogP contribution in [0.15, 0.2) is 42.6 Å². The smallest absolute Gasteiger partial charge is 0.383 e. The molecule has 11 heteroatoms. The number of aromatic nitrogens is 4. The van der Waals surface area contributed by atoms with Crippen molar-refractivity contribution in [2.75, 3.05) is 11.1 Å². The molecule has 4 N–H and O–H groups in total. The van der Waals surface area contributed by atoms with E-state index < -0.39 is 23.8 Å². The van der Waals surface area contributed by atoms with Crippen LogP contribution in [-0.4, -0.2) is 30.5 Å². The highest BCUT2D eigenvalue weighted by molar-refractivity contribution is 6.01. The maximum absolute atomic E-state index is 12.9. The van der Waals surface area contributed by atoms with Crippen LogP contribution < -0.4 is 11.1 Å². The van der Waals surface area contributed by atoms with Gasteiger partial charge in [-0.3, -0.25) is 4.79 Å². The van der Waals surface area contributed by atoms with Gasteiger partial charge < -0.3 is 20.7 Å². The molecule has 8 nitrogen and oxygen atoms in total. The Morgan fingerprint density at radius 1 is 1.12 bits per heavy atom. The van der Waals surface area contributed by atoms with Gasteiger partial charge in [0.2, 0.25) is 0 Å². The number of amides is 1. The van der Waals surface area contributed by atoms with Crippen LogP contribution in [0.3, 0.4) is 0 Å². The molecule has 1 atom stereocenters. The van der Waals surface area contributed by atoms with Crippen molar-refractivity contribution in [3.05, 3.63) is 65.2 Å².